The van der Waals surface area contributed by atoms with E-state index in [-0.39, 0.29) is 31.2 Å². The van der Waals surface area contributed by atoms with Crippen molar-refractivity contribution in [3.8, 4) is 11.1 Å². The highest BCUT2D eigenvalue weighted by Crippen LogP contribution is 2.37. The Morgan fingerprint density at radius 2 is 1.70 bits per heavy atom. The van der Waals surface area contributed by atoms with E-state index in [0.29, 0.717) is 18.7 Å². The van der Waals surface area contributed by atoms with Gasteiger partial charge in [0, 0.05) is 18.5 Å². The van der Waals surface area contributed by atoms with Crippen LogP contribution < -0.4 is 16.1 Å². The van der Waals surface area contributed by atoms with E-state index < -0.39 is 11.8 Å². The molecule has 1 unspecified atom stereocenters. The first-order valence-electron chi connectivity index (χ1n) is 13.1. The lowest BCUT2D eigenvalue weighted by molar-refractivity contribution is -0.134. The maximum Gasteiger partial charge on any atom is 0.244 e. The number of benzene rings is 3. The van der Waals surface area contributed by atoms with E-state index in [1.165, 1.54) is 22.3 Å². The van der Waals surface area contributed by atoms with Crippen molar-refractivity contribution >= 4 is 23.4 Å². The third-order valence-corrected chi connectivity index (χ3v) is 6.93. The molecule has 1 atom stereocenters. The third kappa shape index (κ3) is 6.59. The van der Waals surface area contributed by atoms with E-state index in [9.17, 15) is 14.4 Å². The molecule has 0 spiro atoms. The van der Waals surface area contributed by atoms with Gasteiger partial charge in [0.15, 0.2) is 0 Å². The smallest absolute Gasteiger partial charge is 0.244 e. The summed E-state index contributed by atoms with van der Waals surface area (Å²) in [6, 6.07) is 23.7. The molecule has 40 heavy (non-hydrogen) atoms. The molecule has 3 amide bonds. The highest BCUT2D eigenvalue weighted by molar-refractivity contribution is 5.91. The number of aryl methyl sites for hydroxylation is 1. The van der Waals surface area contributed by atoms with E-state index in [1.54, 1.807) is 16.4 Å². The summed E-state index contributed by atoms with van der Waals surface area (Å²) in [6.07, 6.45) is 2.93. The highest BCUT2D eigenvalue weighted by atomic mass is 16.5. The summed E-state index contributed by atoms with van der Waals surface area (Å²) in [6.45, 7) is 0.449. The van der Waals surface area contributed by atoms with Crippen LogP contribution in [0.15, 0.2) is 79.0 Å². The van der Waals surface area contributed by atoms with Gasteiger partial charge in [0.1, 0.15) is 5.69 Å². The van der Waals surface area contributed by atoms with Gasteiger partial charge in [-0.1, -0.05) is 65.9 Å². The van der Waals surface area contributed by atoms with Crippen molar-refractivity contribution in [3.63, 3.8) is 0 Å². The summed E-state index contributed by atoms with van der Waals surface area (Å²) in [5.41, 5.74) is 8.73. The van der Waals surface area contributed by atoms with Crippen LogP contribution in [0, 0.1) is 5.92 Å². The van der Waals surface area contributed by atoms with Gasteiger partial charge in [-0.15, -0.1) is 5.10 Å². The number of amides is 3. The second-order valence-electron chi connectivity index (χ2n) is 9.82. The zero-order chi connectivity index (χ0) is 27.9. The molecule has 0 aliphatic heterocycles. The summed E-state index contributed by atoms with van der Waals surface area (Å²) < 4.78 is 1.56. The second-order valence-corrected chi connectivity index (χ2v) is 9.82. The Hall–Kier alpha value is -4.83. The van der Waals surface area contributed by atoms with Crippen molar-refractivity contribution in [3.05, 3.63) is 101 Å². The summed E-state index contributed by atoms with van der Waals surface area (Å²) in [5, 5.41) is 22.8. The average molecular weight is 539 g/mol. The van der Waals surface area contributed by atoms with Gasteiger partial charge in [-0.2, -0.15) is 0 Å². The highest BCUT2D eigenvalue weighted by Gasteiger charge is 2.23. The Morgan fingerprint density at radius 3 is 2.52 bits per heavy atom. The van der Waals surface area contributed by atoms with Crippen LogP contribution in [0.3, 0.4) is 0 Å². The van der Waals surface area contributed by atoms with Gasteiger partial charge in [-0.3, -0.25) is 24.3 Å². The lowest BCUT2D eigenvalue weighted by atomic mass is 9.95. The van der Waals surface area contributed by atoms with E-state index in [2.05, 4.69) is 39.1 Å². The van der Waals surface area contributed by atoms with Crippen molar-refractivity contribution in [2.24, 2.45) is 5.92 Å². The molecule has 4 aromatic rings. The molecule has 1 aliphatic rings. The number of carbonyl (C=O) groups excluding carboxylic acids is 3. The molecule has 0 bridgehead atoms. The van der Waals surface area contributed by atoms with Crippen molar-refractivity contribution in [2.45, 2.75) is 38.8 Å². The van der Waals surface area contributed by atoms with E-state index in [0.717, 1.165) is 17.7 Å². The second kappa shape index (κ2) is 12.4. The predicted octanol–water partition coefficient (Wildman–Crippen LogP) is 3.25. The summed E-state index contributed by atoms with van der Waals surface area (Å²) in [5.74, 6) is -1.77. The molecule has 10 nitrogen and oxygen atoms in total. The Morgan fingerprint density at radius 1 is 0.925 bits per heavy atom. The van der Waals surface area contributed by atoms with Crippen LogP contribution in [0.25, 0.3) is 11.1 Å². The normalized spacial score (nSPS) is 12.2. The molecular formula is C30H30N6O4. The molecule has 10 heteroatoms. The Bertz CT molecular complexity index is 1520. The molecule has 204 valence electrons. The number of rotatable bonds is 11. The maximum atomic E-state index is 12.8. The van der Waals surface area contributed by atoms with Crippen molar-refractivity contribution < 1.29 is 19.6 Å². The zero-order valence-corrected chi connectivity index (χ0v) is 21.8. The average Bonchev–Trinajstić information content (AvgIpc) is 3.58. The lowest BCUT2D eigenvalue weighted by Crippen LogP contribution is -2.35. The molecule has 5 rings (SSSR count). The molecule has 0 fully saturated rings. The number of fused-ring (bicyclic) bond motifs is 3. The first-order chi connectivity index (χ1) is 19.5. The minimum atomic E-state index is -0.665. The maximum absolute atomic E-state index is 12.8. The van der Waals surface area contributed by atoms with Crippen LogP contribution in [0.5, 0.6) is 0 Å². The number of hydrogen-bond donors (Lipinski definition) is 4. The van der Waals surface area contributed by atoms with Gasteiger partial charge in [-0.05, 0) is 52.8 Å². The number of carbonyl (C=O) groups is 3. The Kier molecular flexibility index (Phi) is 8.26. The van der Waals surface area contributed by atoms with Crippen LogP contribution in [-0.4, -0.2) is 37.9 Å². The number of hydrogen-bond acceptors (Lipinski definition) is 6. The SMILES string of the molecule is O=C(CC(Cc1ccccc1)C(=O)NCc1cn(CCC(=O)Nc2ccc3c(c2)Cc2ccccc2-3)nn1)NO. The van der Waals surface area contributed by atoms with Crippen molar-refractivity contribution in [2.75, 3.05) is 5.32 Å². The molecule has 1 aromatic heterocycles. The fourth-order valence-electron chi connectivity index (χ4n) is 4.94. The topological polar surface area (TPSA) is 138 Å². The molecule has 1 aliphatic carbocycles. The zero-order valence-electron chi connectivity index (χ0n) is 21.8. The first-order valence-corrected chi connectivity index (χ1v) is 13.1. The lowest BCUT2D eigenvalue weighted by Gasteiger charge is -2.15. The van der Waals surface area contributed by atoms with Crippen LogP contribution >= 0.6 is 0 Å². The Balaban J connectivity index is 1.10. The predicted molar refractivity (Wildman–Crippen MR) is 148 cm³/mol. The van der Waals surface area contributed by atoms with E-state index >= 15 is 0 Å². The van der Waals surface area contributed by atoms with Crippen molar-refractivity contribution in [1.82, 2.24) is 25.8 Å². The van der Waals surface area contributed by atoms with Gasteiger partial charge in [0.25, 0.3) is 0 Å². The number of hydroxylamine groups is 1. The molecule has 3 aromatic carbocycles. The number of aromatic nitrogens is 3. The quantitative estimate of drug-likeness (QED) is 0.150. The number of anilines is 1. The van der Waals surface area contributed by atoms with Crippen LogP contribution in [0.4, 0.5) is 5.69 Å². The van der Waals surface area contributed by atoms with Crippen molar-refractivity contribution in [1.29, 1.82) is 0 Å². The monoisotopic (exact) mass is 538 g/mol. The van der Waals surface area contributed by atoms with Gasteiger partial charge < -0.3 is 10.6 Å². The molecule has 1 heterocycles. The van der Waals surface area contributed by atoms with Crippen LogP contribution in [0.1, 0.15) is 35.2 Å². The molecule has 0 saturated carbocycles. The molecular weight excluding hydrogens is 508 g/mol. The molecule has 0 radical (unpaired) electrons. The van der Waals surface area contributed by atoms with Gasteiger partial charge in [-0.25, -0.2) is 5.48 Å². The fourth-order valence-corrected chi connectivity index (χ4v) is 4.94. The summed E-state index contributed by atoms with van der Waals surface area (Å²) >= 11 is 0. The van der Waals surface area contributed by atoms with Crippen LogP contribution in [-0.2, 0) is 40.3 Å². The summed E-state index contributed by atoms with van der Waals surface area (Å²) in [7, 11) is 0. The standard InChI is InChI=1S/C30H30N6O4/c37-28(32-24-10-11-27-22(16-24)15-21-8-4-5-9-26(21)27)12-13-36-19-25(33-35-36)18-31-30(39)23(17-29(38)34-40)14-20-6-2-1-3-7-20/h1-11,16,19,23,40H,12-15,17-18H2,(H,31,39)(H,32,37)(H,34,38). The largest absolute Gasteiger partial charge is 0.350 e. The first kappa shape index (κ1) is 26.8. The van der Waals surface area contributed by atoms with E-state index in [4.69, 9.17) is 5.21 Å². The number of nitrogens with zero attached hydrogens (tertiary/aromatic N) is 3. The molecule has 4 N–H and O–H groups in total. The summed E-state index contributed by atoms with van der Waals surface area (Å²) in [4.78, 5) is 37.1. The Labute approximate surface area is 231 Å². The third-order valence-electron chi connectivity index (χ3n) is 6.93. The van der Waals surface area contributed by atoms with Crippen LogP contribution in [0.2, 0.25) is 0 Å². The van der Waals surface area contributed by atoms with Gasteiger partial charge >= 0.3 is 0 Å². The minimum absolute atomic E-state index is 0.120. The van der Waals surface area contributed by atoms with Gasteiger partial charge in [0.05, 0.1) is 25.2 Å². The van der Waals surface area contributed by atoms with Gasteiger partial charge in [0.2, 0.25) is 17.7 Å². The molecule has 0 saturated heterocycles. The fraction of sp³-hybridized carbons (Fsp3) is 0.233. The van der Waals surface area contributed by atoms with E-state index in [1.807, 2.05) is 54.6 Å². The minimum Gasteiger partial charge on any atom is -0.350 e. The number of nitrogens with one attached hydrogen (secondary N) is 3.